The van der Waals surface area contributed by atoms with Gasteiger partial charge < -0.3 is 19.9 Å². The van der Waals surface area contributed by atoms with Crippen LogP contribution < -0.4 is 10.1 Å². The molecule has 1 saturated heterocycles. The molecule has 1 aliphatic rings. The third kappa shape index (κ3) is 3.62. The predicted molar refractivity (Wildman–Crippen MR) is 83.4 cm³/mol. The first-order chi connectivity index (χ1) is 10.2. The van der Waals surface area contributed by atoms with Crippen molar-refractivity contribution in [1.29, 1.82) is 0 Å². The Bertz CT molecular complexity index is 648. The van der Waals surface area contributed by atoms with Crippen LogP contribution in [0.3, 0.4) is 0 Å². The van der Waals surface area contributed by atoms with E-state index in [0.29, 0.717) is 17.9 Å². The van der Waals surface area contributed by atoms with Crippen LogP contribution in [-0.4, -0.2) is 17.8 Å². The van der Waals surface area contributed by atoms with Crippen LogP contribution in [0.1, 0.15) is 17.2 Å². The third-order valence-corrected chi connectivity index (χ3v) is 3.30. The van der Waals surface area contributed by atoms with Crippen LogP contribution in [0.25, 0.3) is 0 Å². The van der Waals surface area contributed by atoms with E-state index in [1.54, 1.807) is 18.2 Å². The molecule has 116 valence electrons. The van der Waals surface area contributed by atoms with Gasteiger partial charge >= 0.3 is 6.09 Å². The number of hydrogen-bond donors (Lipinski definition) is 2. The maximum atomic E-state index is 11.0. The van der Waals surface area contributed by atoms with Gasteiger partial charge in [-0.1, -0.05) is 30.3 Å². The van der Waals surface area contributed by atoms with Gasteiger partial charge in [-0.3, -0.25) is 0 Å². The highest BCUT2D eigenvalue weighted by Gasteiger charge is 2.26. The number of nitrogens with one attached hydrogen (secondary N) is 1. The zero-order chi connectivity index (χ0) is 14.7. The Morgan fingerprint density at radius 3 is 2.64 bits per heavy atom. The number of cyclic esters (lactones) is 1. The molecule has 5 nitrogen and oxygen atoms in total. The molecule has 0 bridgehead atoms. The first kappa shape index (κ1) is 16.0. The second-order valence-corrected chi connectivity index (χ2v) is 4.79. The smallest absolute Gasteiger partial charge is 0.407 e. The molecule has 22 heavy (non-hydrogen) atoms. The van der Waals surface area contributed by atoms with E-state index in [2.05, 4.69) is 5.32 Å². The topological polar surface area (TPSA) is 67.8 Å². The molecule has 0 saturated carbocycles. The lowest BCUT2D eigenvalue weighted by Crippen LogP contribution is -2.18. The van der Waals surface area contributed by atoms with E-state index in [4.69, 9.17) is 9.47 Å². The Hall–Kier alpha value is -2.40. The van der Waals surface area contributed by atoms with Crippen LogP contribution in [-0.2, 0) is 11.3 Å². The predicted octanol–water partition coefficient (Wildman–Crippen LogP) is 3.17. The molecule has 2 N–H and O–H groups in total. The quantitative estimate of drug-likeness (QED) is 0.907. The van der Waals surface area contributed by atoms with Crippen LogP contribution in [0.15, 0.2) is 48.5 Å². The molecular weight excluding hydrogens is 306 g/mol. The van der Waals surface area contributed by atoms with Crippen molar-refractivity contribution < 1.29 is 19.4 Å². The fourth-order valence-corrected chi connectivity index (χ4v) is 2.20. The van der Waals surface area contributed by atoms with Crippen molar-refractivity contribution in [2.75, 3.05) is 6.61 Å². The number of phenolic OH excluding ortho intramolecular Hbond substituents is 1. The Kier molecular flexibility index (Phi) is 5.12. The highest BCUT2D eigenvalue weighted by atomic mass is 35.5. The number of aromatic hydroxyl groups is 1. The molecule has 2 aromatic rings. The summed E-state index contributed by atoms with van der Waals surface area (Å²) in [6.45, 7) is 0.652. The standard InChI is InChI=1S/C16H15NO4.ClH/c18-15-8-12(20-9-11-4-2-1-3-5-11)6-7-13(15)14-10-21-16(19)17-14;/h1-8,14,18H,9-10H2,(H,17,19);1H/t14-;/m1./s1. The fraction of sp³-hybridized carbons (Fsp3) is 0.188. The van der Waals surface area contributed by atoms with Gasteiger partial charge in [-0.05, 0) is 17.7 Å². The second-order valence-electron chi connectivity index (χ2n) is 4.79. The molecule has 1 amide bonds. The molecule has 1 aliphatic heterocycles. The number of amides is 1. The number of carbonyl (C=O) groups excluding carboxylic acids is 1. The van der Waals surface area contributed by atoms with E-state index < -0.39 is 6.09 Å². The minimum Gasteiger partial charge on any atom is -0.507 e. The van der Waals surface area contributed by atoms with Gasteiger partial charge in [0, 0.05) is 11.6 Å². The number of alkyl carbamates (subject to hydrolysis) is 1. The Morgan fingerprint density at radius 2 is 2.00 bits per heavy atom. The van der Waals surface area contributed by atoms with Crippen LogP contribution in [0.2, 0.25) is 0 Å². The van der Waals surface area contributed by atoms with E-state index in [1.807, 2.05) is 30.3 Å². The average Bonchev–Trinajstić information content (AvgIpc) is 2.92. The molecule has 2 aromatic carbocycles. The van der Waals surface area contributed by atoms with E-state index >= 15 is 0 Å². The van der Waals surface area contributed by atoms with Crippen molar-refractivity contribution in [2.45, 2.75) is 12.6 Å². The van der Waals surface area contributed by atoms with Gasteiger partial charge in [0.25, 0.3) is 0 Å². The van der Waals surface area contributed by atoms with Gasteiger partial charge in [0.1, 0.15) is 24.7 Å². The molecule has 0 aromatic heterocycles. The third-order valence-electron chi connectivity index (χ3n) is 3.30. The van der Waals surface area contributed by atoms with Crippen LogP contribution in [0, 0.1) is 0 Å². The van der Waals surface area contributed by atoms with E-state index in [1.165, 1.54) is 0 Å². The second kappa shape index (κ2) is 7.04. The number of carbonyl (C=O) groups is 1. The van der Waals surface area contributed by atoms with E-state index in [9.17, 15) is 9.90 Å². The molecule has 0 spiro atoms. The van der Waals surface area contributed by atoms with Gasteiger partial charge in [0.2, 0.25) is 0 Å². The largest absolute Gasteiger partial charge is 0.507 e. The summed E-state index contributed by atoms with van der Waals surface area (Å²) in [6.07, 6.45) is -0.469. The molecule has 1 atom stereocenters. The lowest BCUT2D eigenvalue weighted by molar-refractivity contribution is 0.176. The maximum absolute atomic E-state index is 11.0. The lowest BCUT2D eigenvalue weighted by atomic mass is 10.1. The number of rotatable bonds is 4. The summed E-state index contributed by atoms with van der Waals surface area (Å²) in [6, 6.07) is 14.5. The number of phenols is 1. The van der Waals surface area contributed by atoms with E-state index in [0.717, 1.165) is 5.56 Å². The highest BCUT2D eigenvalue weighted by Crippen LogP contribution is 2.30. The Labute approximate surface area is 134 Å². The van der Waals surface area contributed by atoms with Crippen LogP contribution >= 0.6 is 12.4 Å². The summed E-state index contributed by atoms with van der Waals surface area (Å²) in [5.41, 5.74) is 1.67. The van der Waals surface area contributed by atoms with Crippen molar-refractivity contribution in [3.63, 3.8) is 0 Å². The van der Waals surface area contributed by atoms with Gasteiger partial charge in [0.05, 0.1) is 6.04 Å². The van der Waals surface area contributed by atoms with Crippen LogP contribution in [0.4, 0.5) is 4.79 Å². The van der Waals surface area contributed by atoms with Crippen molar-refractivity contribution in [3.8, 4) is 11.5 Å². The normalized spacial score (nSPS) is 16.4. The summed E-state index contributed by atoms with van der Waals surface area (Å²) in [4.78, 5) is 11.0. The van der Waals surface area contributed by atoms with Crippen LogP contribution in [0.5, 0.6) is 11.5 Å². The Morgan fingerprint density at radius 1 is 1.23 bits per heavy atom. The SMILES string of the molecule is Cl.O=C1N[C@@H](c2ccc(OCc3ccccc3)cc2O)CO1. The fourth-order valence-electron chi connectivity index (χ4n) is 2.20. The van der Waals surface area contributed by atoms with E-state index in [-0.39, 0.29) is 30.8 Å². The molecule has 3 rings (SSSR count). The minimum absolute atomic E-state index is 0. The molecular formula is C16H16ClNO4. The monoisotopic (exact) mass is 321 g/mol. The number of ether oxygens (including phenoxy) is 2. The summed E-state index contributed by atoms with van der Waals surface area (Å²) in [7, 11) is 0. The Balaban J connectivity index is 0.00000176. The van der Waals surface area contributed by atoms with Crippen molar-refractivity contribution in [2.24, 2.45) is 0 Å². The average molecular weight is 322 g/mol. The minimum atomic E-state index is -0.469. The van der Waals surface area contributed by atoms with Gasteiger partial charge in [0.15, 0.2) is 0 Å². The molecule has 1 heterocycles. The highest BCUT2D eigenvalue weighted by molar-refractivity contribution is 5.85. The first-order valence-corrected chi connectivity index (χ1v) is 6.65. The molecule has 6 heteroatoms. The van der Waals surface area contributed by atoms with Crippen molar-refractivity contribution in [1.82, 2.24) is 5.32 Å². The summed E-state index contributed by atoms with van der Waals surface area (Å²) >= 11 is 0. The number of halogens is 1. The molecule has 0 unspecified atom stereocenters. The zero-order valence-corrected chi connectivity index (χ0v) is 12.5. The van der Waals surface area contributed by atoms with Gasteiger partial charge in [-0.25, -0.2) is 4.79 Å². The molecule has 0 aliphatic carbocycles. The molecule has 0 radical (unpaired) electrons. The first-order valence-electron chi connectivity index (χ1n) is 6.65. The number of hydrogen-bond acceptors (Lipinski definition) is 4. The lowest BCUT2D eigenvalue weighted by Gasteiger charge is -2.12. The summed E-state index contributed by atoms with van der Waals surface area (Å²) < 4.78 is 10.5. The van der Waals surface area contributed by atoms with Gasteiger partial charge in [-0.15, -0.1) is 12.4 Å². The van der Waals surface area contributed by atoms with Crippen molar-refractivity contribution in [3.05, 3.63) is 59.7 Å². The van der Waals surface area contributed by atoms with Crippen molar-refractivity contribution >= 4 is 18.5 Å². The summed E-state index contributed by atoms with van der Waals surface area (Å²) in [5, 5.41) is 12.7. The summed E-state index contributed by atoms with van der Waals surface area (Å²) in [5.74, 6) is 0.654. The zero-order valence-electron chi connectivity index (χ0n) is 11.7. The maximum Gasteiger partial charge on any atom is 0.407 e. The molecule has 1 fully saturated rings. The van der Waals surface area contributed by atoms with Gasteiger partial charge in [-0.2, -0.15) is 0 Å². The number of benzene rings is 2.